The van der Waals surface area contributed by atoms with Crippen LogP contribution in [0, 0.1) is 0 Å². The molecule has 1 fully saturated rings. The Bertz CT molecular complexity index is 1000. The van der Waals surface area contributed by atoms with Gasteiger partial charge in [-0.15, -0.1) is 0 Å². The highest BCUT2D eigenvalue weighted by Crippen LogP contribution is 2.27. The summed E-state index contributed by atoms with van der Waals surface area (Å²) in [6, 6.07) is 17.1. The van der Waals surface area contributed by atoms with Crippen molar-refractivity contribution < 1.29 is 9.53 Å². The molecule has 1 aliphatic rings. The number of carbonyl (C=O) groups excluding carboxylic acids is 1. The van der Waals surface area contributed by atoms with Gasteiger partial charge in [-0.2, -0.15) is 0 Å². The molecule has 2 heterocycles. The van der Waals surface area contributed by atoms with E-state index in [4.69, 9.17) is 32.9 Å². The summed E-state index contributed by atoms with van der Waals surface area (Å²) in [7, 11) is 0. The number of hydrogen-bond donors (Lipinski definition) is 0. The Kier molecular flexibility index (Phi) is 5.55. The Morgan fingerprint density at radius 2 is 1.79 bits per heavy atom. The van der Waals surface area contributed by atoms with Crippen molar-refractivity contribution in [1.82, 2.24) is 9.88 Å². The number of benzene rings is 2. The van der Waals surface area contributed by atoms with Gasteiger partial charge in [-0.25, -0.2) is 4.98 Å². The van der Waals surface area contributed by atoms with Crippen LogP contribution in [0.3, 0.4) is 0 Å². The molecule has 0 unspecified atom stereocenters. The predicted molar refractivity (Wildman–Crippen MR) is 112 cm³/mol. The number of amides is 1. The molecule has 28 heavy (non-hydrogen) atoms. The van der Waals surface area contributed by atoms with Crippen molar-refractivity contribution in [3.63, 3.8) is 0 Å². The SMILES string of the molecule is O=C(COc1ccc(Cl)cc1Cl)N1CCN(c2ccc3ccccc3n2)CC1. The molecule has 0 aliphatic carbocycles. The topological polar surface area (TPSA) is 45.7 Å². The second-order valence-corrected chi connectivity index (χ2v) is 7.44. The molecule has 4 rings (SSSR count). The third-order valence-corrected chi connectivity index (χ3v) is 5.32. The van der Waals surface area contributed by atoms with E-state index in [1.807, 2.05) is 24.3 Å². The zero-order valence-electron chi connectivity index (χ0n) is 15.1. The second-order valence-electron chi connectivity index (χ2n) is 6.59. The van der Waals surface area contributed by atoms with Crippen LogP contribution in [0.15, 0.2) is 54.6 Å². The number of nitrogens with zero attached hydrogens (tertiary/aromatic N) is 3. The first kappa shape index (κ1) is 18.8. The van der Waals surface area contributed by atoms with Crippen LogP contribution >= 0.6 is 23.2 Å². The number of aromatic nitrogens is 1. The zero-order valence-corrected chi connectivity index (χ0v) is 16.7. The van der Waals surface area contributed by atoms with Crippen LogP contribution in [0.4, 0.5) is 5.82 Å². The van der Waals surface area contributed by atoms with E-state index in [2.05, 4.69) is 17.0 Å². The number of halogens is 2. The van der Waals surface area contributed by atoms with Gasteiger partial charge in [0.1, 0.15) is 11.6 Å². The minimum atomic E-state index is -0.0582. The van der Waals surface area contributed by atoms with Gasteiger partial charge >= 0.3 is 0 Å². The fourth-order valence-electron chi connectivity index (χ4n) is 3.24. The van der Waals surface area contributed by atoms with Crippen LogP contribution < -0.4 is 9.64 Å². The number of hydrogen-bond acceptors (Lipinski definition) is 4. The molecule has 0 atom stereocenters. The lowest BCUT2D eigenvalue weighted by atomic mass is 10.2. The molecule has 5 nitrogen and oxygen atoms in total. The third-order valence-electron chi connectivity index (χ3n) is 4.79. The van der Waals surface area contributed by atoms with Gasteiger partial charge in [0.15, 0.2) is 6.61 Å². The molecule has 0 N–H and O–H groups in total. The maximum Gasteiger partial charge on any atom is 0.260 e. The third kappa shape index (κ3) is 4.16. The summed E-state index contributed by atoms with van der Waals surface area (Å²) in [4.78, 5) is 21.2. The van der Waals surface area contributed by atoms with E-state index in [-0.39, 0.29) is 12.5 Å². The average molecular weight is 416 g/mol. The van der Waals surface area contributed by atoms with Crippen LogP contribution in [0.5, 0.6) is 5.75 Å². The van der Waals surface area contributed by atoms with Crippen LogP contribution in [0.25, 0.3) is 10.9 Å². The highest BCUT2D eigenvalue weighted by atomic mass is 35.5. The summed E-state index contributed by atoms with van der Waals surface area (Å²) in [6.07, 6.45) is 0. The standard InChI is InChI=1S/C21H19Cl2N3O2/c22-16-6-7-19(17(23)13-16)28-14-21(27)26-11-9-25(10-12-26)20-8-5-15-3-1-2-4-18(15)24-20/h1-8,13H,9-12,14H2. The van der Waals surface area contributed by atoms with Crippen LogP contribution in [-0.2, 0) is 4.79 Å². The van der Waals surface area contributed by atoms with Crippen molar-refractivity contribution in [2.24, 2.45) is 0 Å². The highest BCUT2D eigenvalue weighted by Gasteiger charge is 2.22. The summed E-state index contributed by atoms with van der Waals surface area (Å²) in [6.45, 7) is 2.68. The molecular weight excluding hydrogens is 397 g/mol. The van der Waals surface area contributed by atoms with Crippen LogP contribution in [0.2, 0.25) is 10.0 Å². The smallest absolute Gasteiger partial charge is 0.260 e. The number of fused-ring (bicyclic) bond motifs is 1. The lowest BCUT2D eigenvalue weighted by Gasteiger charge is -2.35. The van der Waals surface area contributed by atoms with E-state index < -0.39 is 0 Å². The maximum atomic E-state index is 12.5. The summed E-state index contributed by atoms with van der Waals surface area (Å²) in [5.74, 6) is 1.34. The van der Waals surface area contributed by atoms with Gasteiger partial charge in [0.05, 0.1) is 10.5 Å². The summed E-state index contributed by atoms with van der Waals surface area (Å²) in [5.41, 5.74) is 0.978. The van der Waals surface area contributed by atoms with Crippen molar-refractivity contribution in [1.29, 1.82) is 0 Å². The van der Waals surface area contributed by atoms with E-state index in [0.717, 1.165) is 29.8 Å². The quantitative estimate of drug-likeness (QED) is 0.638. The van der Waals surface area contributed by atoms with Gasteiger partial charge in [0.25, 0.3) is 5.91 Å². The minimum Gasteiger partial charge on any atom is -0.482 e. The van der Waals surface area contributed by atoms with Crippen molar-refractivity contribution in [2.45, 2.75) is 0 Å². The fourth-order valence-corrected chi connectivity index (χ4v) is 3.70. The maximum absolute atomic E-state index is 12.5. The summed E-state index contributed by atoms with van der Waals surface area (Å²) in [5, 5.41) is 2.05. The van der Waals surface area contributed by atoms with Crippen LogP contribution in [-0.4, -0.2) is 48.6 Å². The van der Waals surface area contributed by atoms with E-state index in [0.29, 0.717) is 28.9 Å². The molecule has 1 aromatic heterocycles. The molecule has 1 aliphatic heterocycles. The number of para-hydroxylation sites is 1. The summed E-state index contributed by atoms with van der Waals surface area (Å²) < 4.78 is 5.56. The Hall–Kier alpha value is -2.50. The number of rotatable bonds is 4. The number of pyridine rings is 1. The minimum absolute atomic E-state index is 0.0461. The molecular formula is C21H19Cl2N3O2. The molecule has 0 bridgehead atoms. The first-order chi connectivity index (χ1) is 13.6. The van der Waals surface area contributed by atoms with Gasteiger partial charge in [-0.3, -0.25) is 4.79 Å². The molecule has 1 amide bonds. The molecule has 144 valence electrons. The van der Waals surface area contributed by atoms with E-state index >= 15 is 0 Å². The monoisotopic (exact) mass is 415 g/mol. The number of piperazine rings is 1. The lowest BCUT2D eigenvalue weighted by molar-refractivity contribution is -0.133. The van der Waals surface area contributed by atoms with E-state index in [9.17, 15) is 4.79 Å². The molecule has 1 saturated heterocycles. The van der Waals surface area contributed by atoms with E-state index in [1.54, 1.807) is 23.1 Å². The molecule has 2 aromatic carbocycles. The van der Waals surface area contributed by atoms with Crippen molar-refractivity contribution in [3.05, 3.63) is 64.6 Å². The Morgan fingerprint density at radius 1 is 1.00 bits per heavy atom. The Balaban J connectivity index is 1.33. The predicted octanol–water partition coefficient (Wildman–Crippen LogP) is 4.27. The molecule has 7 heteroatoms. The first-order valence-electron chi connectivity index (χ1n) is 9.06. The lowest BCUT2D eigenvalue weighted by Crippen LogP contribution is -2.50. The number of anilines is 1. The van der Waals surface area contributed by atoms with Gasteiger partial charge < -0.3 is 14.5 Å². The zero-order chi connectivity index (χ0) is 19.5. The molecule has 0 radical (unpaired) electrons. The normalized spacial score (nSPS) is 14.4. The summed E-state index contributed by atoms with van der Waals surface area (Å²) >= 11 is 12.0. The largest absolute Gasteiger partial charge is 0.482 e. The van der Waals surface area contributed by atoms with Gasteiger partial charge in [-0.1, -0.05) is 41.4 Å². The van der Waals surface area contributed by atoms with Gasteiger partial charge in [0, 0.05) is 36.6 Å². The fraction of sp³-hybridized carbons (Fsp3) is 0.238. The van der Waals surface area contributed by atoms with Crippen molar-refractivity contribution >= 4 is 45.8 Å². The number of ether oxygens (including phenoxy) is 1. The first-order valence-corrected chi connectivity index (χ1v) is 9.82. The molecule has 0 saturated carbocycles. The Labute approximate surface area is 173 Å². The van der Waals surface area contributed by atoms with Crippen molar-refractivity contribution in [2.75, 3.05) is 37.7 Å². The van der Waals surface area contributed by atoms with Crippen LogP contribution in [0.1, 0.15) is 0 Å². The number of carbonyl (C=O) groups is 1. The highest BCUT2D eigenvalue weighted by molar-refractivity contribution is 6.35. The second kappa shape index (κ2) is 8.25. The van der Waals surface area contributed by atoms with Gasteiger partial charge in [0.2, 0.25) is 0 Å². The molecule has 3 aromatic rings. The van der Waals surface area contributed by atoms with E-state index in [1.165, 1.54) is 0 Å². The van der Waals surface area contributed by atoms with Gasteiger partial charge in [-0.05, 0) is 36.4 Å². The van der Waals surface area contributed by atoms with Crippen molar-refractivity contribution in [3.8, 4) is 5.75 Å². The molecule has 0 spiro atoms. The average Bonchev–Trinajstić information content (AvgIpc) is 2.72. The Morgan fingerprint density at radius 3 is 2.57 bits per heavy atom.